The highest BCUT2D eigenvalue weighted by molar-refractivity contribution is 5.95. The Balaban J connectivity index is 1.16. The quantitative estimate of drug-likeness (QED) is 0.225. The summed E-state index contributed by atoms with van der Waals surface area (Å²) < 4.78 is 5.81. The number of fused-ring (bicyclic) bond motifs is 2. The number of nitrogens with one attached hydrogen (secondary N) is 2. The van der Waals surface area contributed by atoms with Crippen molar-refractivity contribution in [1.29, 1.82) is 0 Å². The van der Waals surface area contributed by atoms with Gasteiger partial charge in [-0.3, -0.25) is 9.59 Å². The maximum Gasteiger partial charge on any atom is 0.228 e. The van der Waals surface area contributed by atoms with Crippen LogP contribution < -0.4 is 5.32 Å². The van der Waals surface area contributed by atoms with Crippen LogP contribution in [0.3, 0.4) is 0 Å². The zero-order valence-electron chi connectivity index (χ0n) is 23.5. The average molecular weight is 552 g/mol. The molecule has 212 valence electrons. The lowest BCUT2D eigenvalue weighted by Gasteiger charge is -2.36. The molecule has 0 saturated heterocycles. The van der Waals surface area contributed by atoms with Crippen molar-refractivity contribution in [3.63, 3.8) is 0 Å². The van der Waals surface area contributed by atoms with Gasteiger partial charge in [0.2, 0.25) is 11.8 Å². The number of carbonyl (C=O) groups excluding carboxylic acids is 2. The van der Waals surface area contributed by atoms with E-state index < -0.39 is 0 Å². The average Bonchev–Trinajstić information content (AvgIpc) is 3.40. The maximum absolute atomic E-state index is 13.1. The SMILES string of the molecule is CO[C@H](c1ccc(NC(=O)Cc2c[nH]c3ccccc23)cc1)[C@H](C)/C=C/CC(=O)N1Cc2ccccc2C[C@H]1CO. The number of aliphatic hydroxyl groups is 1. The number of aromatic nitrogens is 1. The maximum atomic E-state index is 13.1. The number of methoxy groups -OCH3 is 1. The Morgan fingerprint density at radius 3 is 2.56 bits per heavy atom. The Morgan fingerprint density at radius 2 is 1.80 bits per heavy atom. The molecule has 1 aliphatic rings. The number of rotatable bonds is 10. The Hall–Kier alpha value is -4.20. The van der Waals surface area contributed by atoms with Gasteiger partial charge in [0.05, 0.1) is 25.2 Å². The lowest BCUT2D eigenvalue weighted by Crippen LogP contribution is -2.46. The van der Waals surface area contributed by atoms with Crippen molar-refractivity contribution in [2.45, 2.75) is 44.9 Å². The number of aromatic amines is 1. The number of anilines is 1. The number of carbonyl (C=O) groups is 2. The Bertz CT molecular complexity index is 1520. The number of para-hydroxylation sites is 1. The molecule has 2 heterocycles. The van der Waals surface area contributed by atoms with Gasteiger partial charge in [0.15, 0.2) is 0 Å². The van der Waals surface area contributed by atoms with Crippen LogP contribution in [0, 0.1) is 5.92 Å². The van der Waals surface area contributed by atoms with Crippen LogP contribution in [0.1, 0.15) is 41.7 Å². The second kappa shape index (κ2) is 13.0. The Labute approximate surface area is 240 Å². The van der Waals surface area contributed by atoms with E-state index in [1.807, 2.05) is 85.1 Å². The molecule has 1 aliphatic heterocycles. The molecule has 0 radical (unpaired) electrons. The van der Waals surface area contributed by atoms with Crippen LogP contribution in [0.25, 0.3) is 10.9 Å². The van der Waals surface area contributed by atoms with E-state index in [4.69, 9.17) is 4.74 Å². The molecular formula is C34H37N3O4. The number of benzene rings is 3. The topological polar surface area (TPSA) is 94.7 Å². The molecule has 0 spiro atoms. The van der Waals surface area contributed by atoms with Crippen LogP contribution in [0.5, 0.6) is 0 Å². The largest absolute Gasteiger partial charge is 0.394 e. The van der Waals surface area contributed by atoms with Gasteiger partial charge in [-0.2, -0.15) is 0 Å². The zero-order valence-corrected chi connectivity index (χ0v) is 23.5. The second-order valence-corrected chi connectivity index (χ2v) is 10.7. The van der Waals surface area contributed by atoms with Crippen LogP contribution in [0.4, 0.5) is 5.69 Å². The third-order valence-corrected chi connectivity index (χ3v) is 7.90. The lowest BCUT2D eigenvalue weighted by atomic mass is 9.93. The molecule has 4 aromatic rings. The van der Waals surface area contributed by atoms with E-state index in [9.17, 15) is 14.7 Å². The highest BCUT2D eigenvalue weighted by atomic mass is 16.5. The molecule has 0 unspecified atom stereocenters. The van der Waals surface area contributed by atoms with Crippen molar-refractivity contribution >= 4 is 28.4 Å². The predicted octanol–water partition coefficient (Wildman–Crippen LogP) is 5.56. The van der Waals surface area contributed by atoms with Crippen LogP contribution in [0.2, 0.25) is 0 Å². The van der Waals surface area contributed by atoms with E-state index in [1.54, 1.807) is 12.0 Å². The normalized spacial score (nSPS) is 16.5. The van der Waals surface area contributed by atoms with Crippen LogP contribution in [0.15, 0.2) is 91.1 Å². The number of hydrogen-bond donors (Lipinski definition) is 3. The highest BCUT2D eigenvalue weighted by Gasteiger charge is 2.28. The summed E-state index contributed by atoms with van der Waals surface area (Å²) in [6.07, 6.45) is 6.81. The summed E-state index contributed by atoms with van der Waals surface area (Å²) in [6.45, 7) is 2.53. The summed E-state index contributed by atoms with van der Waals surface area (Å²) in [7, 11) is 1.67. The van der Waals surface area contributed by atoms with Crippen molar-refractivity contribution in [3.8, 4) is 0 Å². The molecule has 0 fully saturated rings. The van der Waals surface area contributed by atoms with E-state index in [-0.39, 0.29) is 49.3 Å². The lowest BCUT2D eigenvalue weighted by molar-refractivity contribution is -0.134. The first-order valence-electron chi connectivity index (χ1n) is 14.1. The Morgan fingerprint density at radius 1 is 1.07 bits per heavy atom. The van der Waals surface area contributed by atoms with Crippen LogP contribution >= 0.6 is 0 Å². The van der Waals surface area contributed by atoms with Crippen LogP contribution in [-0.2, 0) is 33.7 Å². The van der Waals surface area contributed by atoms with Crippen molar-refractivity contribution in [1.82, 2.24) is 9.88 Å². The summed E-state index contributed by atoms with van der Waals surface area (Å²) in [5, 5.41) is 13.9. The van der Waals surface area contributed by atoms with Gasteiger partial charge in [-0.15, -0.1) is 0 Å². The number of hydrogen-bond acceptors (Lipinski definition) is 4. The fourth-order valence-electron chi connectivity index (χ4n) is 5.71. The number of aliphatic hydroxyl groups excluding tert-OH is 1. The molecule has 3 aromatic carbocycles. The van der Waals surface area contributed by atoms with Gasteiger partial charge in [-0.1, -0.05) is 73.7 Å². The van der Waals surface area contributed by atoms with E-state index in [0.29, 0.717) is 13.0 Å². The van der Waals surface area contributed by atoms with E-state index in [1.165, 1.54) is 5.56 Å². The molecule has 1 aromatic heterocycles. The first-order valence-corrected chi connectivity index (χ1v) is 14.1. The summed E-state index contributed by atoms with van der Waals surface area (Å²) in [5.74, 6) is -0.0538. The minimum atomic E-state index is -0.204. The summed E-state index contributed by atoms with van der Waals surface area (Å²) >= 11 is 0. The molecule has 2 amide bonds. The van der Waals surface area contributed by atoms with Crippen molar-refractivity contribution < 1.29 is 19.4 Å². The first-order chi connectivity index (χ1) is 20.0. The zero-order chi connectivity index (χ0) is 28.8. The molecule has 3 atom stereocenters. The minimum Gasteiger partial charge on any atom is -0.394 e. The van der Waals surface area contributed by atoms with Crippen molar-refractivity contribution in [2.75, 3.05) is 19.0 Å². The number of nitrogens with zero attached hydrogens (tertiary/aromatic N) is 1. The summed E-state index contributed by atoms with van der Waals surface area (Å²) in [4.78, 5) is 30.7. The standard InChI is InChI=1S/C34H37N3O4/c1-23(8-7-13-33(40)37-21-26-10-4-3-9-25(26)18-29(37)22-38)34(41-2)24-14-16-28(17-15-24)36-32(39)19-27-20-35-31-12-6-5-11-30(27)31/h3-12,14-17,20,23,29,34-35,38H,13,18-19,21-22H2,1-2H3,(H,36,39)/b8-7+/t23-,29+,34+/m1/s1. The molecule has 0 saturated carbocycles. The molecule has 41 heavy (non-hydrogen) atoms. The van der Waals surface area contributed by atoms with Gasteiger partial charge in [0.1, 0.15) is 0 Å². The third-order valence-electron chi connectivity index (χ3n) is 7.90. The van der Waals surface area contributed by atoms with E-state index in [2.05, 4.69) is 23.3 Å². The number of H-pyrrole nitrogens is 1. The van der Waals surface area contributed by atoms with Gasteiger partial charge in [0.25, 0.3) is 0 Å². The van der Waals surface area contributed by atoms with Crippen LogP contribution in [-0.4, -0.2) is 46.6 Å². The molecule has 0 bridgehead atoms. The number of ether oxygens (including phenoxy) is 1. The highest BCUT2D eigenvalue weighted by Crippen LogP contribution is 2.28. The monoisotopic (exact) mass is 551 g/mol. The fraction of sp³-hybridized carbons (Fsp3) is 0.294. The molecule has 0 aliphatic carbocycles. The van der Waals surface area contributed by atoms with Gasteiger partial charge in [-0.25, -0.2) is 0 Å². The molecule has 7 heteroatoms. The fourth-order valence-corrected chi connectivity index (χ4v) is 5.71. The Kier molecular flexibility index (Phi) is 8.97. The molecule has 3 N–H and O–H groups in total. The smallest absolute Gasteiger partial charge is 0.228 e. The van der Waals surface area contributed by atoms with E-state index >= 15 is 0 Å². The third kappa shape index (κ3) is 6.59. The molecule has 5 rings (SSSR count). The van der Waals surface area contributed by atoms with Gasteiger partial charge < -0.3 is 25.0 Å². The van der Waals surface area contributed by atoms with Gasteiger partial charge in [-0.05, 0) is 46.9 Å². The molecule has 7 nitrogen and oxygen atoms in total. The minimum absolute atomic E-state index is 0.00343. The summed E-state index contributed by atoms with van der Waals surface area (Å²) in [5.41, 5.74) is 6.03. The van der Waals surface area contributed by atoms with Crippen molar-refractivity contribution in [2.24, 2.45) is 5.92 Å². The summed E-state index contributed by atoms with van der Waals surface area (Å²) in [6, 6.07) is 23.5. The van der Waals surface area contributed by atoms with Crippen molar-refractivity contribution in [3.05, 3.63) is 113 Å². The number of amides is 2. The van der Waals surface area contributed by atoms with Gasteiger partial charge in [0, 0.05) is 48.8 Å². The predicted molar refractivity (Wildman–Crippen MR) is 161 cm³/mol. The first kappa shape index (κ1) is 28.3. The van der Waals surface area contributed by atoms with E-state index in [0.717, 1.165) is 33.3 Å². The second-order valence-electron chi connectivity index (χ2n) is 10.7. The molecular weight excluding hydrogens is 514 g/mol. The van der Waals surface area contributed by atoms with Gasteiger partial charge >= 0.3 is 0 Å².